The van der Waals surface area contributed by atoms with E-state index >= 15 is 0 Å². The topological polar surface area (TPSA) is 73.8 Å². The summed E-state index contributed by atoms with van der Waals surface area (Å²) in [6.07, 6.45) is 61.2. The maximum Gasteiger partial charge on any atom is 0.119 e. The van der Waals surface area contributed by atoms with Crippen molar-refractivity contribution in [1.82, 2.24) is 0 Å². The van der Waals surface area contributed by atoms with E-state index in [4.69, 9.17) is 37.9 Å². The highest BCUT2D eigenvalue weighted by molar-refractivity contribution is 5.64. The van der Waals surface area contributed by atoms with E-state index in [1.54, 1.807) is 14.2 Å². The van der Waals surface area contributed by atoms with E-state index in [9.17, 15) is 0 Å². The van der Waals surface area contributed by atoms with Gasteiger partial charge < -0.3 is 37.9 Å². The highest BCUT2D eigenvalue weighted by Gasteiger charge is 2.15. The van der Waals surface area contributed by atoms with Gasteiger partial charge in [-0.3, -0.25) is 0 Å². The van der Waals surface area contributed by atoms with Crippen LogP contribution >= 0.6 is 0 Å². The van der Waals surface area contributed by atoms with Gasteiger partial charge in [-0.15, -0.1) is 0 Å². The second-order valence-corrected chi connectivity index (χ2v) is 32.6. The van der Waals surface area contributed by atoms with Crippen LogP contribution in [0.15, 0.2) is 48.5 Å². The Kier molecular flexibility index (Phi) is 62.6. The molecule has 98 heavy (non-hydrogen) atoms. The van der Waals surface area contributed by atoms with Crippen molar-refractivity contribution >= 4 is 0 Å². The molecule has 0 aliphatic carbocycles. The van der Waals surface area contributed by atoms with Crippen molar-refractivity contribution in [2.45, 2.75) is 377 Å². The molecule has 0 aromatic heterocycles. The first kappa shape index (κ1) is 91.9. The van der Waals surface area contributed by atoms with E-state index < -0.39 is 0 Å². The molecule has 0 aliphatic rings. The van der Waals surface area contributed by atoms with E-state index in [0.29, 0.717) is 38.3 Å². The summed E-state index contributed by atoms with van der Waals surface area (Å²) in [5.74, 6) is 8.53. The molecule has 2 aromatic rings. The molecule has 2 aromatic carbocycles. The van der Waals surface area contributed by atoms with Crippen molar-refractivity contribution in [2.24, 2.45) is 47.3 Å². The van der Waals surface area contributed by atoms with Crippen LogP contribution in [0.25, 0.3) is 11.1 Å². The Morgan fingerprint density at radius 1 is 0.224 bits per heavy atom. The predicted molar refractivity (Wildman–Crippen MR) is 425 cm³/mol. The Balaban J connectivity index is 1.33. The van der Waals surface area contributed by atoms with Crippen LogP contribution in [0.5, 0.6) is 11.5 Å². The standard InChI is InChI=1S/C90H166O8/c1-77(2)45-39-47-79(5)49-41-51-81(7)53-43-55-83(9)65-71-97-89(73-91-11)75-93-67-35-31-27-23-19-15-13-17-21-25-29-33-37-69-95-87-61-57-85(58-62-87)86-59-63-88(64-60-86)96-70-38-34-30-26-22-18-14-16-20-24-28-32-36-68-94-76-90(74-92-12)98-72-66-84(10)56-44-54-82(8)52-42-50-80(6)48-40-46-78(3)4/h57-64,77-84,89-90H,13-56,65-76H2,1-12H3. The second kappa shape index (κ2) is 66.7. The summed E-state index contributed by atoms with van der Waals surface area (Å²) in [6.45, 7) is 31.4. The van der Waals surface area contributed by atoms with Gasteiger partial charge in [-0.25, -0.2) is 0 Å². The SMILES string of the molecule is COCC(COCCCCCCCCCCCCCCCOc1ccc(-c2ccc(OCCCCCCCCCCCCCCCOCC(COC)OCCC(C)CCCC(C)CCCC(C)CCCC(C)C)cc2)cc1)OCCC(C)CCCC(C)CCCC(C)CCCC(C)C. The Bertz CT molecular complexity index is 1790. The van der Waals surface area contributed by atoms with Gasteiger partial charge in [-0.2, -0.15) is 0 Å². The summed E-state index contributed by atoms with van der Waals surface area (Å²) in [4.78, 5) is 0. The average Bonchev–Trinajstić information content (AvgIpc) is 0.898. The number of rotatable bonds is 75. The second-order valence-electron chi connectivity index (χ2n) is 32.6. The fourth-order valence-corrected chi connectivity index (χ4v) is 14.2. The number of benzene rings is 2. The minimum absolute atomic E-state index is 0.0399. The average molecular weight is 1380 g/mol. The molecule has 0 amide bonds. The lowest BCUT2D eigenvalue weighted by Crippen LogP contribution is -2.26. The maximum absolute atomic E-state index is 6.24. The van der Waals surface area contributed by atoms with Crippen LogP contribution < -0.4 is 9.47 Å². The molecule has 0 radical (unpaired) electrons. The van der Waals surface area contributed by atoms with Gasteiger partial charge in [-0.05, 0) is 121 Å². The monoisotopic (exact) mass is 1380 g/mol. The minimum atomic E-state index is 0.0399. The number of methoxy groups -OCH3 is 2. The van der Waals surface area contributed by atoms with Crippen molar-refractivity contribution in [2.75, 3.05) is 80.3 Å². The largest absolute Gasteiger partial charge is 0.494 e. The van der Waals surface area contributed by atoms with Crippen LogP contribution in [-0.2, 0) is 28.4 Å². The van der Waals surface area contributed by atoms with E-state index in [1.165, 1.54) is 268 Å². The molecule has 2 rings (SSSR count). The van der Waals surface area contributed by atoms with Gasteiger partial charge >= 0.3 is 0 Å². The quantitative estimate of drug-likeness (QED) is 0.0607. The molecule has 8 nitrogen and oxygen atoms in total. The minimum Gasteiger partial charge on any atom is -0.494 e. The molecular weight excluding hydrogens is 1210 g/mol. The van der Waals surface area contributed by atoms with Gasteiger partial charge in [-0.1, -0.05) is 350 Å². The Labute approximate surface area is 610 Å². The van der Waals surface area contributed by atoms with Crippen molar-refractivity contribution in [1.29, 1.82) is 0 Å². The maximum atomic E-state index is 6.24. The molecule has 0 heterocycles. The lowest BCUT2D eigenvalue weighted by molar-refractivity contribution is -0.0545. The number of hydrogen-bond acceptors (Lipinski definition) is 8. The van der Waals surface area contributed by atoms with Crippen molar-refractivity contribution < 1.29 is 37.9 Å². The normalized spacial score (nSPS) is 14.5. The van der Waals surface area contributed by atoms with Gasteiger partial charge in [0.05, 0.1) is 39.6 Å². The molecule has 0 saturated heterocycles. The Morgan fingerprint density at radius 2 is 0.449 bits per heavy atom. The Morgan fingerprint density at radius 3 is 0.694 bits per heavy atom. The molecule has 8 heteroatoms. The molecule has 8 unspecified atom stereocenters. The first-order valence-electron chi connectivity index (χ1n) is 42.6. The van der Waals surface area contributed by atoms with E-state index in [0.717, 1.165) is 125 Å². The predicted octanol–water partition coefficient (Wildman–Crippen LogP) is 27.3. The Hall–Kier alpha value is -2.20. The molecule has 0 bridgehead atoms. The van der Waals surface area contributed by atoms with Crippen LogP contribution in [-0.4, -0.2) is 92.5 Å². The number of hydrogen-bond donors (Lipinski definition) is 0. The van der Waals surface area contributed by atoms with Gasteiger partial charge in [0.1, 0.15) is 23.7 Å². The number of ether oxygens (including phenoxy) is 8. The lowest BCUT2D eigenvalue weighted by atomic mass is 9.91. The first-order valence-corrected chi connectivity index (χ1v) is 42.6. The van der Waals surface area contributed by atoms with E-state index in [1.807, 2.05) is 0 Å². The third-order valence-electron chi connectivity index (χ3n) is 21.2. The lowest BCUT2D eigenvalue weighted by Gasteiger charge is -2.19. The summed E-state index contributed by atoms with van der Waals surface area (Å²) in [6, 6.07) is 17.2. The van der Waals surface area contributed by atoms with Crippen LogP contribution in [0.4, 0.5) is 0 Å². The van der Waals surface area contributed by atoms with E-state index in [-0.39, 0.29) is 12.2 Å². The van der Waals surface area contributed by atoms with Gasteiger partial charge in [0, 0.05) is 40.6 Å². The van der Waals surface area contributed by atoms with Gasteiger partial charge in [0.25, 0.3) is 0 Å². The fraction of sp³-hybridized carbons (Fsp3) is 0.867. The zero-order valence-electron chi connectivity index (χ0n) is 67.3. The van der Waals surface area contributed by atoms with Crippen LogP contribution in [0.2, 0.25) is 0 Å². The summed E-state index contributed by atoms with van der Waals surface area (Å²) in [5.41, 5.74) is 2.42. The summed E-state index contributed by atoms with van der Waals surface area (Å²) < 4.78 is 47.8. The molecule has 0 N–H and O–H groups in total. The van der Waals surface area contributed by atoms with Gasteiger partial charge in [0.15, 0.2) is 0 Å². The molecular formula is C90H166O8. The zero-order valence-corrected chi connectivity index (χ0v) is 67.3. The molecule has 0 aliphatic heterocycles. The van der Waals surface area contributed by atoms with Crippen molar-refractivity contribution in [3.8, 4) is 22.6 Å². The van der Waals surface area contributed by atoms with Crippen molar-refractivity contribution in [3.05, 3.63) is 48.5 Å². The molecule has 8 atom stereocenters. The molecule has 0 spiro atoms. The van der Waals surface area contributed by atoms with E-state index in [2.05, 4.69) is 118 Å². The van der Waals surface area contributed by atoms with Crippen LogP contribution in [0, 0.1) is 47.3 Å². The molecule has 0 saturated carbocycles. The van der Waals surface area contributed by atoms with Gasteiger partial charge in [0.2, 0.25) is 0 Å². The van der Waals surface area contributed by atoms with Crippen LogP contribution in [0.1, 0.15) is 365 Å². The summed E-state index contributed by atoms with van der Waals surface area (Å²) in [7, 11) is 3.54. The van der Waals surface area contributed by atoms with Crippen LogP contribution in [0.3, 0.4) is 0 Å². The summed E-state index contributed by atoms with van der Waals surface area (Å²) in [5, 5.41) is 0. The number of unbranched alkanes of at least 4 members (excludes halogenated alkanes) is 24. The smallest absolute Gasteiger partial charge is 0.119 e. The third kappa shape index (κ3) is 58.2. The fourth-order valence-electron chi connectivity index (χ4n) is 14.2. The zero-order chi connectivity index (χ0) is 71.0. The molecule has 0 fully saturated rings. The first-order chi connectivity index (χ1) is 47.8. The molecule has 574 valence electrons. The third-order valence-corrected chi connectivity index (χ3v) is 21.2. The highest BCUT2D eigenvalue weighted by Crippen LogP contribution is 2.28. The highest BCUT2D eigenvalue weighted by atomic mass is 16.6. The van der Waals surface area contributed by atoms with Crippen molar-refractivity contribution in [3.63, 3.8) is 0 Å². The summed E-state index contributed by atoms with van der Waals surface area (Å²) >= 11 is 0.